The minimum absolute atomic E-state index is 0.265. The van der Waals surface area contributed by atoms with Crippen molar-refractivity contribution in [1.29, 1.82) is 0 Å². The summed E-state index contributed by atoms with van der Waals surface area (Å²) in [6, 6.07) is 0. The van der Waals surface area contributed by atoms with Crippen molar-refractivity contribution < 1.29 is 9.90 Å². The van der Waals surface area contributed by atoms with Crippen molar-refractivity contribution in [2.45, 2.75) is 12.8 Å². The molecule has 0 saturated carbocycles. The quantitative estimate of drug-likeness (QED) is 0.484. The van der Waals surface area contributed by atoms with Crippen LogP contribution in [0.1, 0.15) is 12.8 Å². The maximum Gasteiger partial charge on any atom is 0.303 e. The average Bonchev–Trinajstić information content (AvgIpc) is 1.92. The predicted molar refractivity (Wildman–Crippen MR) is 42.6 cm³/mol. The molecular weight excluding hydrogens is 154 g/mol. The number of rotatable bonds is 4. The molecule has 0 aromatic carbocycles. The van der Waals surface area contributed by atoms with E-state index in [4.69, 9.17) is 5.11 Å². The van der Waals surface area contributed by atoms with Gasteiger partial charge in [-0.2, -0.15) is 0 Å². The molecule has 0 radical (unpaired) electrons. The highest BCUT2D eigenvalue weighted by atomic mass is 35.5. The Morgan fingerprint density at radius 2 is 2.10 bits per heavy atom. The number of hydrogen-bond donors (Lipinski definition) is 2. The van der Waals surface area contributed by atoms with Crippen LogP contribution in [0.25, 0.3) is 0 Å². The van der Waals surface area contributed by atoms with Crippen LogP contribution < -0.4 is 5.32 Å². The molecule has 0 spiro atoms. The van der Waals surface area contributed by atoms with Crippen LogP contribution in [-0.4, -0.2) is 31.1 Å². The van der Waals surface area contributed by atoms with E-state index in [1.807, 2.05) is 7.05 Å². The zero-order valence-corrected chi connectivity index (χ0v) is 7.11. The summed E-state index contributed by atoms with van der Waals surface area (Å²) < 4.78 is 0. The molecule has 0 aromatic rings. The summed E-state index contributed by atoms with van der Waals surface area (Å²) in [4.78, 5) is 9.85. The Kier molecular flexibility index (Phi) is 14.3. The first-order chi connectivity index (χ1) is 4.77. The van der Waals surface area contributed by atoms with Crippen LogP contribution >= 0.6 is 11.6 Å². The molecule has 0 aliphatic heterocycles. The molecule has 0 saturated heterocycles. The number of nitrogens with one attached hydrogen (secondary N) is 1. The van der Waals surface area contributed by atoms with Gasteiger partial charge in [-0.3, -0.25) is 4.79 Å². The molecule has 2 N–H and O–H groups in total. The second-order valence-corrected chi connectivity index (χ2v) is 1.60. The summed E-state index contributed by atoms with van der Waals surface area (Å²) in [5.41, 5.74) is 0. The van der Waals surface area contributed by atoms with E-state index in [0.29, 0.717) is 6.42 Å². The Hall–Kier alpha value is -0.280. The highest BCUT2D eigenvalue weighted by Gasteiger charge is 1.92. The third-order valence-electron chi connectivity index (χ3n) is 0.817. The second-order valence-electron chi connectivity index (χ2n) is 1.60. The molecule has 0 aliphatic rings. The molecule has 4 heteroatoms. The van der Waals surface area contributed by atoms with Crippen LogP contribution in [0.4, 0.5) is 0 Å². The molecule has 0 atom stereocenters. The molecule has 0 unspecified atom stereocenters. The summed E-state index contributed by atoms with van der Waals surface area (Å²) in [7, 11) is 1.81. The number of halogens is 1. The molecular formula is C6H14ClNO2. The number of carboxylic acid groups (broad SMARTS) is 1. The van der Waals surface area contributed by atoms with Gasteiger partial charge in [0.1, 0.15) is 0 Å². The lowest BCUT2D eigenvalue weighted by Gasteiger charge is -1.92. The van der Waals surface area contributed by atoms with Crippen LogP contribution in [0.15, 0.2) is 0 Å². The van der Waals surface area contributed by atoms with Crippen LogP contribution in [0.2, 0.25) is 0 Å². The molecule has 0 aliphatic carbocycles. The van der Waals surface area contributed by atoms with Gasteiger partial charge in [0, 0.05) is 12.8 Å². The zero-order valence-electron chi connectivity index (χ0n) is 6.35. The van der Waals surface area contributed by atoms with Gasteiger partial charge in [0.05, 0.1) is 0 Å². The van der Waals surface area contributed by atoms with E-state index >= 15 is 0 Å². The van der Waals surface area contributed by atoms with Gasteiger partial charge in [0.2, 0.25) is 0 Å². The number of aliphatic carboxylic acids is 1. The largest absolute Gasteiger partial charge is 0.481 e. The van der Waals surface area contributed by atoms with Gasteiger partial charge in [-0.25, -0.2) is 0 Å². The summed E-state index contributed by atoms with van der Waals surface area (Å²) in [5.74, 6) is -0.722. The lowest BCUT2D eigenvalue weighted by atomic mass is 10.3. The van der Waals surface area contributed by atoms with Crippen molar-refractivity contribution >= 4 is 17.6 Å². The van der Waals surface area contributed by atoms with E-state index < -0.39 is 5.97 Å². The third kappa shape index (κ3) is 15.6. The van der Waals surface area contributed by atoms with Crippen LogP contribution in [0, 0.1) is 0 Å². The van der Waals surface area contributed by atoms with Gasteiger partial charge >= 0.3 is 5.97 Å². The summed E-state index contributed by atoms with van der Waals surface area (Å²) >= 11 is 4.64. The Labute approximate surface area is 66.4 Å². The Balaban J connectivity index is 0. The maximum atomic E-state index is 9.85. The van der Waals surface area contributed by atoms with Gasteiger partial charge in [-0.05, 0) is 20.0 Å². The van der Waals surface area contributed by atoms with Gasteiger partial charge in [-0.15, -0.1) is 11.6 Å². The fraction of sp³-hybridized carbons (Fsp3) is 0.833. The maximum absolute atomic E-state index is 9.85. The standard InChI is InChI=1S/C5H11NO2.CH3Cl/c1-6-4-2-3-5(7)8;1-2/h6H,2-4H2,1H3,(H,7,8);1H3. The minimum atomic E-state index is -0.722. The molecule has 62 valence electrons. The number of alkyl halides is 1. The normalized spacial score (nSPS) is 7.90. The summed E-state index contributed by atoms with van der Waals surface area (Å²) in [5, 5.41) is 11.0. The van der Waals surface area contributed by atoms with Crippen molar-refractivity contribution in [2.24, 2.45) is 0 Å². The molecule has 0 fully saturated rings. The highest BCUT2D eigenvalue weighted by Crippen LogP contribution is 1.83. The van der Waals surface area contributed by atoms with E-state index in [1.54, 1.807) is 0 Å². The topological polar surface area (TPSA) is 49.3 Å². The average molecular weight is 168 g/mol. The van der Waals surface area contributed by atoms with Gasteiger partial charge in [0.15, 0.2) is 0 Å². The first-order valence-corrected chi connectivity index (χ1v) is 3.77. The lowest BCUT2D eigenvalue weighted by molar-refractivity contribution is -0.137. The van der Waals surface area contributed by atoms with Crippen LogP contribution in [0.5, 0.6) is 0 Å². The van der Waals surface area contributed by atoms with Crippen molar-refractivity contribution in [3.05, 3.63) is 0 Å². The van der Waals surface area contributed by atoms with Crippen LogP contribution in [0.3, 0.4) is 0 Å². The fourth-order valence-corrected chi connectivity index (χ4v) is 0.416. The van der Waals surface area contributed by atoms with Crippen molar-refractivity contribution in [3.63, 3.8) is 0 Å². The lowest BCUT2D eigenvalue weighted by Crippen LogP contribution is -2.09. The third-order valence-corrected chi connectivity index (χ3v) is 0.817. The van der Waals surface area contributed by atoms with E-state index in [-0.39, 0.29) is 6.42 Å². The predicted octanol–water partition coefficient (Wildman–Crippen LogP) is 0.926. The Morgan fingerprint density at radius 3 is 2.40 bits per heavy atom. The number of hydrogen-bond acceptors (Lipinski definition) is 2. The zero-order chi connectivity index (χ0) is 8.41. The molecule has 0 aromatic heterocycles. The minimum Gasteiger partial charge on any atom is -0.481 e. The monoisotopic (exact) mass is 167 g/mol. The number of carboxylic acids is 1. The van der Waals surface area contributed by atoms with E-state index in [1.165, 1.54) is 6.38 Å². The van der Waals surface area contributed by atoms with E-state index in [2.05, 4.69) is 16.9 Å². The molecule has 10 heavy (non-hydrogen) atoms. The van der Waals surface area contributed by atoms with Crippen molar-refractivity contribution in [1.82, 2.24) is 5.32 Å². The van der Waals surface area contributed by atoms with Gasteiger partial charge in [-0.1, -0.05) is 0 Å². The SMILES string of the molecule is CCl.CNCCCC(=O)O. The first-order valence-electron chi connectivity index (χ1n) is 3.01. The molecule has 0 rings (SSSR count). The Bertz CT molecular complexity index is 78.1. The van der Waals surface area contributed by atoms with Gasteiger partial charge in [0.25, 0.3) is 0 Å². The Morgan fingerprint density at radius 1 is 1.60 bits per heavy atom. The van der Waals surface area contributed by atoms with Crippen LogP contribution in [-0.2, 0) is 4.79 Å². The molecule has 3 nitrogen and oxygen atoms in total. The van der Waals surface area contributed by atoms with Crippen molar-refractivity contribution in [2.75, 3.05) is 20.0 Å². The molecule has 0 heterocycles. The second kappa shape index (κ2) is 11.5. The molecule has 0 bridgehead atoms. The smallest absolute Gasteiger partial charge is 0.303 e. The van der Waals surface area contributed by atoms with Gasteiger partial charge < -0.3 is 10.4 Å². The highest BCUT2D eigenvalue weighted by molar-refractivity contribution is 6.15. The number of carbonyl (C=O) groups is 1. The fourth-order valence-electron chi connectivity index (χ4n) is 0.416. The summed E-state index contributed by atoms with van der Waals surface area (Å²) in [6.07, 6.45) is 2.45. The molecule has 0 amide bonds. The van der Waals surface area contributed by atoms with E-state index in [9.17, 15) is 4.79 Å². The van der Waals surface area contributed by atoms with Crippen molar-refractivity contribution in [3.8, 4) is 0 Å². The summed E-state index contributed by atoms with van der Waals surface area (Å²) in [6.45, 7) is 0.784. The first kappa shape index (κ1) is 12.4. The van der Waals surface area contributed by atoms with E-state index in [0.717, 1.165) is 6.54 Å².